The summed E-state index contributed by atoms with van der Waals surface area (Å²) in [5, 5.41) is 0. The Bertz CT molecular complexity index is 887. The summed E-state index contributed by atoms with van der Waals surface area (Å²) < 4.78 is 35.5. The van der Waals surface area contributed by atoms with Crippen molar-refractivity contribution >= 4 is 11.6 Å². The molecule has 0 amide bonds. The highest BCUT2D eigenvalue weighted by molar-refractivity contribution is 5.67. The molecule has 2 fully saturated rings. The number of hydrogen-bond donors (Lipinski definition) is 1. The van der Waals surface area contributed by atoms with Crippen LogP contribution in [0.2, 0.25) is 0 Å². The van der Waals surface area contributed by atoms with Gasteiger partial charge in [0.05, 0.1) is 24.4 Å². The van der Waals surface area contributed by atoms with Crippen molar-refractivity contribution in [1.82, 2.24) is 15.0 Å². The molecule has 0 aromatic carbocycles. The molecule has 2 saturated heterocycles. The Morgan fingerprint density at radius 1 is 1.29 bits per heavy atom. The number of hydrogen-bond acceptors (Lipinski definition) is 7. The molecule has 28 heavy (non-hydrogen) atoms. The number of aromatic nitrogens is 3. The lowest BCUT2D eigenvalue weighted by Gasteiger charge is -2.29. The van der Waals surface area contributed by atoms with Crippen molar-refractivity contribution in [3.63, 3.8) is 0 Å². The standard InChI is InChI=1S/C19H23F2N5O2/c1-19(2,3)17-24-13(10-4-14(28-18(20)21)16(22)23-7-10)6-15(25-17)26-8-12-5-11(26)9-27-12/h4,6-7,11-12,18H,5,8-9H2,1-3H3,(H2,22,23)/t11-,12-/m0/s1. The minimum atomic E-state index is -2.98. The number of nitrogen functional groups attached to an aromatic ring is 1. The summed E-state index contributed by atoms with van der Waals surface area (Å²) >= 11 is 0. The van der Waals surface area contributed by atoms with E-state index < -0.39 is 6.61 Å². The van der Waals surface area contributed by atoms with Gasteiger partial charge in [-0.15, -0.1) is 0 Å². The first kappa shape index (κ1) is 18.8. The van der Waals surface area contributed by atoms with Gasteiger partial charge in [0, 0.05) is 29.8 Å². The van der Waals surface area contributed by atoms with Crippen LogP contribution in [0.3, 0.4) is 0 Å². The lowest BCUT2D eigenvalue weighted by atomic mass is 9.95. The van der Waals surface area contributed by atoms with Crippen molar-refractivity contribution in [3.8, 4) is 17.0 Å². The number of nitrogens with zero attached hydrogens (tertiary/aromatic N) is 4. The Balaban J connectivity index is 1.77. The highest BCUT2D eigenvalue weighted by atomic mass is 19.3. The lowest BCUT2D eigenvalue weighted by molar-refractivity contribution is -0.0494. The molecule has 4 rings (SSSR count). The molecule has 2 aromatic heterocycles. The van der Waals surface area contributed by atoms with Gasteiger partial charge in [-0.25, -0.2) is 15.0 Å². The third-order valence-corrected chi connectivity index (χ3v) is 4.97. The maximum Gasteiger partial charge on any atom is 0.387 e. The second kappa shape index (κ2) is 6.80. The van der Waals surface area contributed by atoms with Gasteiger partial charge in [0.2, 0.25) is 0 Å². The predicted molar refractivity (Wildman–Crippen MR) is 100 cm³/mol. The number of fused-ring (bicyclic) bond motifs is 2. The molecule has 0 spiro atoms. The fourth-order valence-corrected chi connectivity index (χ4v) is 3.53. The molecule has 2 aliphatic heterocycles. The van der Waals surface area contributed by atoms with Gasteiger partial charge in [-0.2, -0.15) is 8.78 Å². The molecular formula is C19H23F2N5O2. The molecule has 2 N–H and O–H groups in total. The number of pyridine rings is 1. The molecule has 0 unspecified atom stereocenters. The van der Waals surface area contributed by atoms with E-state index in [-0.39, 0.29) is 23.1 Å². The fraction of sp³-hybridized carbons (Fsp3) is 0.526. The molecule has 4 heterocycles. The normalized spacial score (nSPS) is 21.6. The van der Waals surface area contributed by atoms with Crippen LogP contribution in [-0.2, 0) is 10.2 Å². The molecule has 2 aliphatic rings. The Labute approximate surface area is 161 Å². The predicted octanol–water partition coefficient (Wildman–Crippen LogP) is 3.00. The Morgan fingerprint density at radius 2 is 2.07 bits per heavy atom. The molecule has 0 radical (unpaired) electrons. The number of morpholine rings is 1. The molecule has 0 aliphatic carbocycles. The van der Waals surface area contributed by atoms with E-state index in [4.69, 9.17) is 15.5 Å². The van der Waals surface area contributed by atoms with E-state index in [0.29, 0.717) is 29.7 Å². The lowest BCUT2D eigenvalue weighted by Crippen LogP contribution is -2.38. The third kappa shape index (κ3) is 3.58. The second-order valence-corrected chi connectivity index (χ2v) is 8.17. The molecule has 9 heteroatoms. The Hall–Kier alpha value is -2.55. The van der Waals surface area contributed by atoms with Crippen molar-refractivity contribution in [3.05, 3.63) is 24.2 Å². The second-order valence-electron chi connectivity index (χ2n) is 8.17. The highest BCUT2D eigenvalue weighted by Crippen LogP contribution is 2.35. The summed E-state index contributed by atoms with van der Waals surface area (Å²) in [6.07, 6.45) is 2.72. The van der Waals surface area contributed by atoms with Crippen LogP contribution < -0.4 is 15.4 Å². The van der Waals surface area contributed by atoms with E-state index in [0.717, 1.165) is 18.8 Å². The van der Waals surface area contributed by atoms with E-state index in [1.807, 2.05) is 26.8 Å². The molecule has 7 nitrogen and oxygen atoms in total. The molecule has 2 bridgehead atoms. The highest BCUT2D eigenvalue weighted by Gasteiger charge is 2.40. The molecule has 2 aromatic rings. The summed E-state index contributed by atoms with van der Waals surface area (Å²) in [7, 11) is 0. The summed E-state index contributed by atoms with van der Waals surface area (Å²) in [6, 6.07) is 3.59. The van der Waals surface area contributed by atoms with Gasteiger partial charge in [-0.3, -0.25) is 0 Å². The minimum absolute atomic E-state index is 0.0941. The van der Waals surface area contributed by atoms with E-state index in [1.165, 1.54) is 12.3 Å². The Kier molecular flexibility index (Phi) is 4.57. The zero-order valence-electron chi connectivity index (χ0n) is 16.0. The summed E-state index contributed by atoms with van der Waals surface area (Å²) in [5.41, 5.74) is 6.50. The zero-order chi connectivity index (χ0) is 20.1. The van der Waals surface area contributed by atoms with Gasteiger partial charge in [0.25, 0.3) is 0 Å². The summed E-state index contributed by atoms with van der Waals surface area (Å²) in [4.78, 5) is 15.7. The van der Waals surface area contributed by atoms with Crippen molar-refractivity contribution in [2.45, 2.75) is 51.4 Å². The van der Waals surface area contributed by atoms with Crippen molar-refractivity contribution < 1.29 is 18.3 Å². The van der Waals surface area contributed by atoms with E-state index in [9.17, 15) is 8.78 Å². The number of nitrogens with two attached hydrogens (primary N) is 1. The van der Waals surface area contributed by atoms with Gasteiger partial charge in [0.15, 0.2) is 11.6 Å². The first-order valence-electron chi connectivity index (χ1n) is 9.19. The van der Waals surface area contributed by atoms with E-state index in [2.05, 4.69) is 19.6 Å². The first-order valence-corrected chi connectivity index (χ1v) is 9.19. The maximum atomic E-state index is 12.7. The number of alkyl halides is 2. The van der Waals surface area contributed by atoms with E-state index >= 15 is 0 Å². The van der Waals surface area contributed by atoms with Crippen LogP contribution in [0.1, 0.15) is 33.0 Å². The van der Waals surface area contributed by atoms with Gasteiger partial charge in [-0.1, -0.05) is 20.8 Å². The maximum absolute atomic E-state index is 12.7. The topological polar surface area (TPSA) is 86.4 Å². The summed E-state index contributed by atoms with van der Waals surface area (Å²) in [6.45, 7) is 4.57. The van der Waals surface area contributed by atoms with Crippen LogP contribution in [0.15, 0.2) is 18.3 Å². The van der Waals surface area contributed by atoms with Gasteiger partial charge < -0.3 is 20.1 Å². The molecule has 150 valence electrons. The molecule has 2 atom stereocenters. The number of ether oxygens (including phenoxy) is 2. The average Bonchev–Trinajstić information content (AvgIpc) is 3.25. The quantitative estimate of drug-likeness (QED) is 0.857. The van der Waals surface area contributed by atoms with Crippen LogP contribution in [0, 0.1) is 0 Å². The monoisotopic (exact) mass is 391 g/mol. The third-order valence-electron chi connectivity index (χ3n) is 4.97. The van der Waals surface area contributed by atoms with Crippen molar-refractivity contribution in [1.29, 1.82) is 0 Å². The van der Waals surface area contributed by atoms with E-state index in [1.54, 1.807) is 0 Å². The largest absolute Gasteiger partial charge is 0.431 e. The summed E-state index contributed by atoms with van der Waals surface area (Å²) in [5.74, 6) is 1.21. The van der Waals surface area contributed by atoms with Gasteiger partial charge in [-0.05, 0) is 12.5 Å². The molecular weight excluding hydrogens is 368 g/mol. The molecule has 0 saturated carbocycles. The van der Waals surface area contributed by atoms with Crippen LogP contribution in [-0.4, -0.2) is 46.9 Å². The Morgan fingerprint density at radius 3 is 2.68 bits per heavy atom. The first-order chi connectivity index (χ1) is 13.2. The minimum Gasteiger partial charge on any atom is -0.431 e. The number of halogens is 2. The van der Waals surface area contributed by atoms with Crippen molar-refractivity contribution in [2.24, 2.45) is 0 Å². The zero-order valence-corrected chi connectivity index (χ0v) is 16.0. The SMILES string of the molecule is CC(C)(C)c1nc(-c2cnc(N)c(OC(F)F)c2)cc(N2C[C@@H]3C[C@H]2CO3)n1. The smallest absolute Gasteiger partial charge is 0.387 e. The van der Waals surface area contributed by atoms with Gasteiger partial charge >= 0.3 is 6.61 Å². The van der Waals surface area contributed by atoms with Crippen molar-refractivity contribution in [2.75, 3.05) is 23.8 Å². The number of rotatable bonds is 4. The van der Waals surface area contributed by atoms with Crippen LogP contribution in [0.25, 0.3) is 11.3 Å². The fourth-order valence-electron chi connectivity index (χ4n) is 3.53. The number of anilines is 2. The average molecular weight is 391 g/mol. The van der Waals surface area contributed by atoms with Gasteiger partial charge in [0.1, 0.15) is 11.6 Å². The van der Waals surface area contributed by atoms with Crippen LogP contribution in [0.5, 0.6) is 5.75 Å². The van der Waals surface area contributed by atoms with Crippen LogP contribution >= 0.6 is 0 Å². The van der Waals surface area contributed by atoms with Crippen LogP contribution in [0.4, 0.5) is 20.4 Å².